The zero-order valence-electron chi connectivity index (χ0n) is 21.5. The van der Waals surface area contributed by atoms with Crippen molar-refractivity contribution in [3.05, 3.63) is 83.6 Å². The van der Waals surface area contributed by atoms with Crippen LogP contribution in [0.1, 0.15) is 59.5 Å². The highest BCUT2D eigenvalue weighted by atomic mass is 16.6. The van der Waals surface area contributed by atoms with Crippen LogP contribution in [0.3, 0.4) is 0 Å². The monoisotopic (exact) mass is 495 g/mol. The Morgan fingerprint density at radius 2 is 1.54 bits per heavy atom. The lowest BCUT2D eigenvalue weighted by Crippen LogP contribution is -2.55. The molecule has 6 heteroatoms. The van der Waals surface area contributed by atoms with Gasteiger partial charge in [0.15, 0.2) is 5.78 Å². The van der Waals surface area contributed by atoms with Crippen molar-refractivity contribution in [3.8, 4) is 11.1 Å². The molecule has 2 aromatic carbocycles. The number of fused-ring (bicyclic) bond motifs is 5. The van der Waals surface area contributed by atoms with Crippen molar-refractivity contribution >= 4 is 17.7 Å². The molecule has 3 aromatic rings. The average Bonchev–Trinajstić information content (AvgIpc) is 3.24. The van der Waals surface area contributed by atoms with Gasteiger partial charge in [-0.2, -0.15) is 0 Å². The average molecular weight is 496 g/mol. The number of piperidine rings is 2. The van der Waals surface area contributed by atoms with Crippen molar-refractivity contribution < 1.29 is 14.3 Å². The van der Waals surface area contributed by atoms with Gasteiger partial charge in [-0.3, -0.25) is 4.79 Å². The number of ether oxygens (including phenoxy) is 1. The van der Waals surface area contributed by atoms with Crippen molar-refractivity contribution in [2.45, 2.75) is 50.1 Å². The molecule has 2 atom stereocenters. The predicted molar refractivity (Wildman–Crippen MR) is 144 cm³/mol. The maximum Gasteiger partial charge on any atom is 0.410 e. The summed E-state index contributed by atoms with van der Waals surface area (Å²) in [5.41, 5.74) is 5.54. The lowest BCUT2D eigenvalue weighted by molar-refractivity contribution is 0.00650. The predicted octanol–water partition coefficient (Wildman–Crippen LogP) is 5.91. The van der Waals surface area contributed by atoms with E-state index in [4.69, 9.17) is 4.74 Å². The summed E-state index contributed by atoms with van der Waals surface area (Å²) in [7, 11) is 3.87. The van der Waals surface area contributed by atoms with E-state index in [1.807, 2.05) is 36.0 Å². The molecule has 1 amide bonds. The minimum atomic E-state index is -0.237. The topological polar surface area (TPSA) is 62.7 Å². The second-order valence-corrected chi connectivity index (χ2v) is 10.8. The number of rotatable bonds is 5. The molecule has 0 N–H and O–H groups in total. The van der Waals surface area contributed by atoms with E-state index >= 15 is 0 Å². The maximum atomic E-state index is 13.4. The molecule has 2 aliphatic heterocycles. The third-order valence-corrected chi connectivity index (χ3v) is 8.38. The summed E-state index contributed by atoms with van der Waals surface area (Å²) >= 11 is 0. The lowest BCUT2D eigenvalue weighted by atomic mass is 9.76. The highest BCUT2D eigenvalue weighted by Gasteiger charge is 2.44. The molecule has 6 rings (SSSR count). The van der Waals surface area contributed by atoms with Crippen LogP contribution in [0, 0.1) is 5.92 Å². The maximum absolute atomic E-state index is 13.4. The Kier molecular flexibility index (Phi) is 6.19. The number of aromatic nitrogens is 1. The fraction of sp³-hybridized carbons (Fsp3) is 0.387. The van der Waals surface area contributed by atoms with Crippen molar-refractivity contribution in [1.82, 2.24) is 9.88 Å². The van der Waals surface area contributed by atoms with Gasteiger partial charge in [0, 0.05) is 49.8 Å². The van der Waals surface area contributed by atoms with Gasteiger partial charge in [0.05, 0.1) is 0 Å². The van der Waals surface area contributed by atoms with Gasteiger partial charge in [-0.1, -0.05) is 48.5 Å². The fourth-order valence-electron chi connectivity index (χ4n) is 6.59. The first-order chi connectivity index (χ1) is 18.0. The molecular formula is C31H33N3O3. The molecule has 0 radical (unpaired) electrons. The van der Waals surface area contributed by atoms with Crippen molar-refractivity contribution in [2.24, 2.45) is 5.92 Å². The third-order valence-electron chi connectivity index (χ3n) is 8.38. The Morgan fingerprint density at radius 3 is 2.11 bits per heavy atom. The van der Waals surface area contributed by atoms with E-state index in [0.29, 0.717) is 25.0 Å². The Hall–Kier alpha value is -3.67. The molecule has 3 heterocycles. The van der Waals surface area contributed by atoms with E-state index < -0.39 is 0 Å². The molecule has 3 aliphatic rings. The molecule has 190 valence electrons. The molecule has 2 saturated heterocycles. The molecule has 2 bridgehead atoms. The van der Waals surface area contributed by atoms with Crippen molar-refractivity contribution in [3.63, 3.8) is 0 Å². The van der Waals surface area contributed by atoms with Crippen molar-refractivity contribution in [2.75, 3.05) is 25.6 Å². The molecule has 2 fully saturated rings. The summed E-state index contributed by atoms with van der Waals surface area (Å²) in [5.74, 6) is 0.938. The quantitative estimate of drug-likeness (QED) is 0.412. The number of pyridine rings is 1. The Labute approximate surface area is 218 Å². The van der Waals surface area contributed by atoms with E-state index in [0.717, 1.165) is 25.1 Å². The van der Waals surface area contributed by atoms with Gasteiger partial charge in [-0.15, -0.1) is 0 Å². The van der Waals surface area contributed by atoms with Gasteiger partial charge in [0.1, 0.15) is 12.4 Å². The van der Waals surface area contributed by atoms with Crippen LogP contribution in [-0.2, 0) is 4.74 Å². The molecule has 2 unspecified atom stereocenters. The number of Topliss-reactive ketones (excluding diaryl/α,β-unsaturated/α-hetero) is 1. The normalized spacial score (nSPS) is 22.2. The smallest absolute Gasteiger partial charge is 0.410 e. The molecular weight excluding hydrogens is 462 g/mol. The highest BCUT2D eigenvalue weighted by molar-refractivity contribution is 5.98. The van der Waals surface area contributed by atoms with Crippen LogP contribution in [0.5, 0.6) is 0 Å². The summed E-state index contributed by atoms with van der Waals surface area (Å²) in [6, 6.07) is 20.6. The largest absolute Gasteiger partial charge is 0.448 e. The van der Waals surface area contributed by atoms with Gasteiger partial charge >= 0.3 is 6.09 Å². The Morgan fingerprint density at radius 1 is 0.919 bits per heavy atom. The summed E-state index contributed by atoms with van der Waals surface area (Å²) in [6.45, 7) is 0.328. The van der Waals surface area contributed by atoms with Gasteiger partial charge in [0.25, 0.3) is 0 Å². The van der Waals surface area contributed by atoms with Crippen LogP contribution >= 0.6 is 0 Å². The Balaban J connectivity index is 1.14. The van der Waals surface area contributed by atoms with Crippen LogP contribution in [0.25, 0.3) is 11.1 Å². The first kappa shape index (κ1) is 23.7. The standard InChI is InChI=1S/C31H33N3O3/c1-33(2)29-15-14-20(18-32-29)30(35)21-16-22-8-7-9-23(17-21)34(22)31(36)37-19-28-26-12-5-3-10-24(26)25-11-4-6-13-27(25)28/h3-6,10-15,18,21-23,28H,7-9,16-17,19H2,1-2H3. The summed E-state index contributed by atoms with van der Waals surface area (Å²) in [4.78, 5) is 35.1. The van der Waals surface area contributed by atoms with Gasteiger partial charge in [0.2, 0.25) is 0 Å². The number of carbonyl (C=O) groups is 2. The number of hydrogen-bond acceptors (Lipinski definition) is 5. The van der Waals surface area contributed by atoms with E-state index in [2.05, 4.69) is 53.5 Å². The summed E-state index contributed by atoms with van der Waals surface area (Å²) < 4.78 is 6.02. The van der Waals surface area contributed by atoms with Crippen molar-refractivity contribution in [1.29, 1.82) is 0 Å². The zero-order valence-corrected chi connectivity index (χ0v) is 21.5. The van der Waals surface area contributed by atoms with Gasteiger partial charge in [-0.25, -0.2) is 9.78 Å². The number of carbonyl (C=O) groups excluding carboxylic acids is 2. The second-order valence-electron chi connectivity index (χ2n) is 10.8. The summed E-state index contributed by atoms with van der Waals surface area (Å²) in [5, 5.41) is 0. The minimum Gasteiger partial charge on any atom is -0.448 e. The van der Waals surface area contributed by atoms with E-state index in [1.165, 1.54) is 22.3 Å². The molecule has 1 aliphatic carbocycles. The van der Waals surface area contributed by atoms with E-state index in [9.17, 15) is 9.59 Å². The lowest BCUT2D eigenvalue weighted by Gasteiger charge is -2.47. The number of anilines is 1. The molecule has 1 aromatic heterocycles. The molecule has 37 heavy (non-hydrogen) atoms. The second kappa shape index (κ2) is 9.66. The van der Waals surface area contributed by atoms with Crippen LogP contribution in [0.15, 0.2) is 66.9 Å². The first-order valence-corrected chi connectivity index (χ1v) is 13.3. The third kappa shape index (κ3) is 4.28. The number of ketones is 1. The van der Waals surface area contributed by atoms with Gasteiger partial charge in [-0.05, 0) is 66.5 Å². The number of nitrogens with zero attached hydrogens (tertiary/aromatic N) is 3. The van der Waals surface area contributed by atoms with Crippen LogP contribution < -0.4 is 4.90 Å². The van der Waals surface area contributed by atoms with Crippen LogP contribution in [0.4, 0.5) is 10.6 Å². The zero-order chi connectivity index (χ0) is 25.5. The number of benzene rings is 2. The van der Waals surface area contributed by atoms with E-state index in [-0.39, 0.29) is 35.8 Å². The SMILES string of the molecule is CN(C)c1ccc(C(=O)C2CC3CCCC(C2)N3C(=O)OCC2c3ccccc3-c3ccccc32)cn1. The highest BCUT2D eigenvalue weighted by Crippen LogP contribution is 2.45. The summed E-state index contributed by atoms with van der Waals surface area (Å²) in [6.07, 6.45) is 5.75. The van der Waals surface area contributed by atoms with Crippen LogP contribution in [-0.4, -0.2) is 54.5 Å². The molecule has 6 nitrogen and oxygen atoms in total. The van der Waals surface area contributed by atoms with Gasteiger partial charge < -0.3 is 14.5 Å². The molecule has 0 saturated carbocycles. The minimum absolute atomic E-state index is 0.0473. The number of amides is 1. The number of hydrogen-bond donors (Lipinski definition) is 0. The first-order valence-electron chi connectivity index (χ1n) is 13.3. The molecule has 0 spiro atoms. The fourth-order valence-corrected chi connectivity index (χ4v) is 6.59. The van der Waals surface area contributed by atoms with Crippen LogP contribution in [0.2, 0.25) is 0 Å². The van der Waals surface area contributed by atoms with E-state index in [1.54, 1.807) is 6.20 Å². The Bertz CT molecular complexity index is 1260.